The van der Waals surface area contributed by atoms with Crippen molar-refractivity contribution in [1.29, 1.82) is 0 Å². The molecule has 0 fully saturated rings. The van der Waals surface area contributed by atoms with Crippen LogP contribution in [0, 0.1) is 0 Å². The summed E-state index contributed by atoms with van der Waals surface area (Å²) in [5, 5.41) is 34.0. The van der Waals surface area contributed by atoms with Gasteiger partial charge in [0.05, 0.1) is 16.1 Å². The Kier molecular flexibility index (Phi) is 5.45. The van der Waals surface area contributed by atoms with E-state index in [0.717, 1.165) is 28.5 Å². The van der Waals surface area contributed by atoms with Crippen LogP contribution in [0.3, 0.4) is 0 Å². The Labute approximate surface area is 178 Å². The molecule has 0 spiro atoms. The third kappa shape index (κ3) is 4.57. The predicted octanol–water partition coefficient (Wildman–Crippen LogP) is 4.43. The molecule has 0 aliphatic carbocycles. The minimum atomic E-state index is -3.78. The third-order valence-electron chi connectivity index (χ3n) is 4.92. The molecule has 0 saturated heterocycles. The fraction of sp³-hybridized carbons (Fsp3) is 0.0909. The van der Waals surface area contributed by atoms with Crippen molar-refractivity contribution < 1.29 is 18.6 Å². The Morgan fingerprint density at radius 2 is 1.58 bits per heavy atom. The highest BCUT2D eigenvalue weighted by Gasteiger charge is 2.14. The molecule has 0 aliphatic rings. The topological polar surface area (TPSA) is 141 Å². The Balaban J connectivity index is 1.64. The molecule has 158 valence electrons. The van der Waals surface area contributed by atoms with Gasteiger partial charge in [0, 0.05) is 5.39 Å². The summed E-state index contributed by atoms with van der Waals surface area (Å²) in [6, 6.07) is 18.4. The van der Waals surface area contributed by atoms with Gasteiger partial charge in [0.25, 0.3) is 0 Å². The summed E-state index contributed by atoms with van der Waals surface area (Å²) >= 11 is 0. The zero-order chi connectivity index (χ0) is 22.0. The number of aromatic hydroxyl groups is 2. The number of nitrogens with two attached hydrogens (primary N) is 1. The summed E-state index contributed by atoms with van der Waals surface area (Å²) in [7, 11) is -3.78. The van der Waals surface area contributed by atoms with Crippen molar-refractivity contribution in [2.24, 2.45) is 15.4 Å². The number of nitrogens with one attached hydrogen (secondary N) is 1. The Hall–Kier alpha value is -3.69. The van der Waals surface area contributed by atoms with E-state index in [4.69, 9.17) is 5.14 Å². The van der Waals surface area contributed by atoms with E-state index >= 15 is 0 Å². The molecule has 0 saturated carbocycles. The number of benzene rings is 3. The number of phenolic OH excluding ortho intramolecular Hbond substituents is 1. The molecule has 5 N–H and O–H groups in total. The average molecular weight is 436 g/mol. The first kappa shape index (κ1) is 20.6. The Morgan fingerprint density at radius 3 is 2.26 bits per heavy atom. The molecule has 31 heavy (non-hydrogen) atoms. The molecule has 0 radical (unpaired) electrons. The van der Waals surface area contributed by atoms with Gasteiger partial charge in [0.15, 0.2) is 5.69 Å². The highest BCUT2D eigenvalue weighted by Crippen LogP contribution is 2.38. The second-order valence-corrected chi connectivity index (χ2v) is 8.63. The smallest absolute Gasteiger partial charge is 0.238 e. The zero-order valence-corrected chi connectivity index (χ0v) is 17.2. The number of aromatic nitrogens is 1. The van der Waals surface area contributed by atoms with Crippen molar-refractivity contribution in [3.05, 3.63) is 77.9 Å². The molecule has 1 heterocycles. The van der Waals surface area contributed by atoms with Gasteiger partial charge in [-0.05, 0) is 66.4 Å². The summed E-state index contributed by atoms with van der Waals surface area (Å²) in [4.78, 5) is 2.90. The van der Waals surface area contributed by atoms with Crippen molar-refractivity contribution in [3.8, 4) is 11.6 Å². The lowest BCUT2D eigenvalue weighted by atomic mass is 10.0. The summed E-state index contributed by atoms with van der Waals surface area (Å²) in [5.41, 5.74) is 3.53. The molecule has 8 nitrogen and oxygen atoms in total. The molecule has 0 bridgehead atoms. The maximum atomic E-state index is 11.4. The van der Waals surface area contributed by atoms with Gasteiger partial charge in [-0.1, -0.05) is 24.3 Å². The SMILES string of the molecule is NS(=O)(=O)c1ccc(N=Nc2c(O)[nH]c3cccc(CCc4ccc(O)cc4)c23)cc1. The molecule has 0 aliphatic heterocycles. The number of fused-ring (bicyclic) bond motifs is 1. The quantitative estimate of drug-likeness (QED) is 0.332. The minimum absolute atomic E-state index is 0.0158. The van der Waals surface area contributed by atoms with E-state index in [-0.39, 0.29) is 16.5 Å². The van der Waals surface area contributed by atoms with E-state index in [1.54, 1.807) is 12.1 Å². The van der Waals surface area contributed by atoms with Crippen LogP contribution in [0.25, 0.3) is 10.9 Å². The second-order valence-electron chi connectivity index (χ2n) is 7.07. The lowest BCUT2D eigenvalue weighted by Crippen LogP contribution is -2.11. The number of phenols is 1. The number of hydrogen-bond donors (Lipinski definition) is 4. The fourth-order valence-corrected chi connectivity index (χ4v) is 3.86. The van der Waals surface area contributed by atoms with E-state index in [1.807, 2.05) is 30.3 Å². The first-order valence-corrected chi connectivity index (χ1v) is 11.0. The standard InChI is InChI=1S/C22H20N4O4S/c23-31(29,30)18-12-8-16(9-13-18)25-26-21-20-15(2-1-3-19(20)24-22(21)28)7-4-14-5-10-17(27)11-6-14/h1-3,5-6,8-13,24,27-28H,4,7H2,(H2,23,29,30). The van der Waals surface area contributed by atoms with Crippen LogP contribution >= 0.6 is 0 Å². The molecule has 4 aromatic rings. The monoisotopic (exact) mass is 436 g/mol. The van der Waals surface area contributed by atoms with E-state index in [1.165, 1.54) is 24.3 Å². The van der Waals surface area contributed by atoms with Crippen molar-refractivity contribution in [2.75, 3.05) is 0 Å². The molecule has 4 rings (SSSR count). The molecule has 9 heteroatoms. The number of azo groups is 1. The van der Waals surface area contributed by atoms with Crippen LogP contribution < -0.4 is 5.14 Å². The zero-order valence-electron chi connectivity index (χ0n) is 16.4. The van der Waals surface area contributed by atoms with Crippen molar-refractivity contribution in [3.63, 3.8) is 0 Å². The van der Waals surface area contributed by atoms with Gasteiger partial charge in [0.2, 0.25) is 15.9 Å². The highest BCUT2D eigenvalue weighted by atomic mass is 32.2. The maximum absolute atomic E-state index is 11.4. The maximum Gasteiger partial charge on any atom is 0.238 e. The van der Waals surface area contributed by atoms with Crippen molar-refractivity contribution >= 4 is 32.3 Å². The van der Waals surface area contributed by atoms with Gasteiger partial charge >= 0.3 is 0 Å². The van der Waals surface area contributed by atoms with Crippen LogP contribution in [0.4, 0.5) is 11.4 Å². The highest BCUT2D eigenvalue weighted by molar-refractivity contribution is 7.89. The Bertz CT molecular complexity index is 1360. The molecule has 3 aromatic carbocycles. The van der Waals surface area contributed by atoms with Crippen LogP contribution in [0.2, 0.25) is 0 Å². The molecular weight excluding hydrogens is 416 g/mol. The van der Waals surface area contributed by atoms with Crippen LogP contribution in [0.1, 0.15) is 11.1 Å². The number of hydrogen-bond acceptors (Lipinski definition) is 6. The number of aromatic amines is 1. The number of sulfonamides is 1. The fourth-order valence-electron chi connectivity index (χ4n) is 3.35. The first-order valence-electron chi connectivity index (χ1n) is 9.46. The molecular formula is C22H20N4O4S. The summed E-state index contributed by atoms with van der Waals surface area (Å²) in [6.07, 6.45) is 1.45. The van der Waals surface area contributed by atoms with E-state index in [9.17, 15) is 18.6 Å². The largest absolute Gasteiger partial charge is 0.508 e. The van der Waals surface area contributed by atoms with Gasteiger partial charge in [-0.2, -0.15) is 5.11 Å². The number of rotatable bonds is 6. The van der Waals surface area contributed by atoms with E-state index < -0.39 is 10.0 Å². The minimum Gasteiger partial charge on any atom is -0.508 e. The molecule has 1 aromatic heterocycles. The summed E-state index contributed by atoms with van der Waals surface area (Å²) in [5.74, 6) is 0.123. The predicted molar refractivity (Wildman–Crippen MR) is 117 cm³/mol. The second kappa shape index (κ2) is 8.21. The van der Waals surface area contributed by atoms with Crippen molar-refractivity contribution in [2.45, 2.75) is 17.7 Å². The molecule has 0 atom stereocenters. The van der Waals surface area contributed by atoms with Gasteiger partial charge in [-0.15, -0.1) is 5.11 Å². The number of H-pyrrole nitrogens is 1. The molecule has 0 amide bonds. The van der Waals surface area contributed by atoms with E-state index in [0.29, 0.717) is 17.8 Å². The Morgan fingerprint density at radius 1 is 0.871 bits per heavy atom. The van der Waals surface area contributed by atoms with Crippen LogP contribution in [-0.2, 0) is 22.9 Å². The average Bonchev–Trinajstić information content (AvgIpc) is 3.07. The van der Waals surface area contributed by atoms with E-state index in [2.05, 4.69) is 15.2 Å². The van der Waals surface area contributed by atoms with Gasteiger partial charge in [-0.25, -0.2) is 13.6 Å². The summed E-state index contributed by atoms with van der Waals surface area (Å²) in [6.45, 7) is 0. The number of aryl methyl sites for hydroxylation is 2. The summed E-state index contributed by atoms with van der Waals surface area (Å²) < 4.78 is 22.7. The first-order chi connectivity index (χ1) is 14.8. The lowest BCUT2D eigenvalue weighted by molar-refractivity contribution is 0.459. The lowest BCUT2D eigenvalue weighted by Gasteiger charge is -2.05. The van der Waals surface area contributed by atoms with Crippen LogP contribution in [0.15, 0.2) is 81.9 Å². The number of primary sulfonamides is 1. The third-order valence-corrected chi connectivity index (χ3v) is 5.84. The van der Waals surface area contributed by atoms with Crippen molar-refractivity contribution in [1.82, 2.24) is 4.98 Å². The molecule has 0 unspecified atom stereocenters. The van der Waals surface area contributed by atoms with Gasteiger partial charge in [0.1, 0.15) is 5.75 Å². The van der Waals surface area contributed by atoms with Gasteiger partial charge in [-0.3, -0.25) is 0 Å². The normalized spacial score (nSPS) is 12.0. The van der Waals surface area contributed by atoms with Crippen LogP contribution in [-0.4, -0.2) is 23.6 Å². The van der Waals surface area contributed by atoms with Crippen LogP contribution in [0.5, 0.6) is 11.6 Å². The number of nitrogens with zero attached hydrogens (tertiary/aromatic N) is 2. The van der Waals surface area contributed by atoms with Gasteiger partial charge < -0.3 is 15.2 Å².